The highest BCUT2D eigenvalue weighted by Gasteiger charge is 2.21. The number of nitrogens with one attached hydrogen (secondary N) is 1. The van der Waals surface area contributed by atoms with Crippen molar-refractivity contribution in [3.63, 3.8) is 0 Å². The molecule has 0 aromatic heterocycles. The van der Waals surface area contributed by atoms with Gasteiger partial charge in [-0.3, -0.25) is 10.1 Å². The fourth-order valence-corrected chi connectivity index (χ4v) is 2.99. The molecule has 0 spiro atoms. The van der Waals surface area contributed by atoms with E-state index in [-0.39, 0.29) is 16.6 Å². The summed E-state index contributed by atoms with van der Waals surface area (Å²) in [7, 11) is -3.71. The predicted molar refractivity (Wildman–Crippen MR) is 67.9 cm³/mol. The van der Waals surface area contributed by atoms with E-state index in [1.165, 1.54) is 12.1 Å². The largest absolute Gasteiger partial charge is 0.270 e. The van der Waals surface area contributed by atoms with Gasteiger partial charge in [-0.15, -0.1) is 0 Å². The summed E-state index contributed by atoms with van der Waals surface area (Å²) < 4.78 is 26.6. The molecule has 0 radical (unpaired) electrons. The van der Waals surface area contributed by atoms with Crippen LogP contribution in [0.25, 0.3) is 0 Å². The summed E-state index contributed by atoms with van der Waals surface area (Å²) in [4.78, 5) is 10.0. The van der Waals surface area contributed by atoms with Crippen LogP contribution in [0.4, 0.5) is 5.69 Å². The van der Waals surface area contributed by atoms with Crippen LogP contribution in [0.5, 0.6) is 0 Å². The lowest BCUT2D eigenvalue weighted by Crippen LogP contribution is -2.32. The van der Waals surface area contributed by atoms with Crippen LogP contribution in [0.3, 0.4) is 0 Å². The average Bonchev–Trinajstić information content (AvgIpc) is 2.28. The first-order valence-electron chi connectivity index (χ1n) is 5.55. The molecule has 1 aromatic rings. The highest BCUT2D eigenvalue weighted by Crippen LogP contribution is 2.21. The molecular weight excluding hydrogens is 256 g/mol. The van der Waals surface area contributed by atoms with Gasteiger partial charge in [0.1, 0.15) is 0 Å². The van der Waals surface area contributed by atoms with Crippen LogP contribution in [-0.2, 0) is 10.0 Å². The maximum Gasteiger partial charge on any atom is 0.270 e. The minimum atomic E-state index is -3.71. The minimum absolute atomic E-state index is 0.0444. The van der Waals surface area contributed by atoms with Gasteiger partial charge in [0.25, 0.3) is 5.69 Å². The Morgan fingerprint density at radius 3 is 2.56 bits per heavy atom. The van der Waals surface area contributed by atoms with Crippen LogP contribution < -0.4 is 4.72 Å². The summed E-state index contributed by atoms with van der Waals surface area (Å²) in [6.45, 7) is 5.20. The predicted octanol–water partition coefficient (Wildman–Crippen LogP) is 1.98. The molecule has 1 unspecified atom stereocenters. The van der Waals surface area contributed by atoms with Crippen molar-refractivity contribution in [1.29, 1.82) is 0 Å². The van der Waals surface area contributed by atoms with Crippen molar-refractivity contribution >= 4 is 15.7 Å². The second-order valence-corrected chi connectivity index (χ2v) is 5.82. The highest BCUT2D eigenvalue weighted by molar-refractivity contribution is 7.89. The lowest BCUT2D eigenvalue weighted by molar-refractivity contribution is -0.385. The van der Waals surface area contributed by atoms with E-state index in [0.29, 0.717) is 12.0 Å². The Kier molecular flexibility index (Phi) is 4.42. The number of nitro groups is 1. The topological polar surface area (TPSA) is 89.3 Å². The molecule has 0 amide bonds. The number of rotatable bonds is 5. The highest BCUT2D eigenvalue weighted by atomic mass is 32.2. The Morgan fingerprint density at radius 1 is 1.44 bits per heavy atom. The molecule has 18 heavy (non-hydrogen) atoms. The van der Waals surface area contributed by atoms with Crippen molar-refractivity contribution in [2.24, 2.45) is 0 Å². The molecule has 0 aliphatic heterocycles. The summed E-state index contributed by atoms with van der Waals surface area (Å²) >= 11 is 0. The van der Waals surface area contributed by atoms with Gasteiger partial charge in [0.15, 0.2) is 0 Å². The maximum absolute atomic E-state index is 12.1. The summed E-state index contributed by atoms with van der Waals surface area (Å²) in [5.41, 5.74) is 0.251. The van der Waals surface area contributed by atoms with E-state index < -0.39 is 14.9 Å². The van der Waals surface area contributed by atoms with E-state index in [0.717, 1.165) is 6.07 Å². The second-order valence-electron chi connectivity index (χ2n) is 4.14. The first-order valence-corrected chi connectivity index (χ1v) is 7.03. The van der Waals surface area contributed by atoms with Gasteiger partial charge in [-0.05, 0) is 25.8 Å². The molecule has 0 fully saturated rings. The number of sulfonamides is 1. The molecule has 0 saturated carbocycles. The molecule has 0 aliphatic rings. The summed E-state index contributed by atoms with van der Waals surface area (Å²) in [5, 5.41) is 10.7. The molecule has 1 aromatic carbocycles. The van der Waals surface area contributed by atoms with E-state index in [1.807, 2.05) is 6.92 Å². The fourth-order valence-electron chi connectivity index (χ4n) is 1.40. The van der Waals surface area contributed by atoms with E-state index in [1.54, 1.807) is 13.8 Å². The van der Waals surface area contributed by atoms with Gasteiger partial charge in [0.2, 0.25) is 10.0 Å². The number of non-ortho nitro benzene ring substituents is 1. The van der Waals surface area contributed by atoms with Crippen molar-refractivity contribution in [3.05, 3.63) is 33.9 Å². The van der Waals surface area contributed by atoms with Gasteiger partial charge in [0.05, 0.1) is 9.82 Å². The van der Waals surface area contributed by atoms with Gasteiger partial charge in [-0.25, -0.2) is 13.1 Å². The lowest BCUT2D eigenvalue weighted by Gasteiger charge is -2.13. The van der Waals surface area contributed by atoms with Crippen LogP contribution in [0.2, 0.25) is 0 Å². The van der Waals surface area contributed by atoms with Crippen LogP contribution in [0.15, 0.2) is 23.1 Å². The van der Waals surface area contributed by atoms with E-state index >= 15 is 0 Å². The van der Waals surface area contributed by atoms with Crippen molar-refractivity contribution in [1.82, 2.24) is 4.72 Å². The van der Waals surface area contributed by atoms with E-state index in [2.05, 4.69) is 4.72 Å². The average molecular weight is 272 g/mol. The molecule has 0 heterocycles. The molecule has 6 nitrogen and oxygen atoms in total. The zero-order valence-electron chi connectivity index (χ0n) is 10.5. The molecule has 7 heteroatoms. The molecule has 1 rings (SSSR count). The van der Waals surface area contributed by atoms with Crippen LogP contribution >= 0.6 is 0 Å². The molecular formula is C11H16N2O4S. The standard InChI is InChI=1S/C11H16N2O4S/c1-4-9(3)12-18(16,17)11-7-10(13(14)15)6-5-8(11)2/h5-7,9,12H,4H2,1-3H3. The molecule has 100 valence electrons. The second kappa shape index (κ2) is 5.45. The zero-order valence-corrected chi connectivity index (χ0v) is 11.3. The molecule has 0 bridgehead atoms. The van der Waals surface area contributed by atoms with Crippen LogP contribution in [0.1, 0.15) is 25.8 Å². The van der Waals surface area contributed by atoms with Gasteiger partial charge in [-0.2, -0.15) is 0 Å². The maximum atomic E-state index is 12.1. The number of nitro benzene ring substituents is 1. The monoisotopic (exact) mass is 272 g/mol. The normalized spacial score (nSPS) is 13.3. The van der Waals surface area contributed by atoms with Crippen LogP contribution in [0, 0.1) is 17.0 Å². The SMILES string of the molecule is CCC(C)NS(=O)(=O)c1cc([N+](=O)[O-])ccc1C. The Bertz CT molecular complexity index is 554. The number of aryl methyl sites for hydroxylation is 1. The van der Waals surface area contributed by atoms with Crippen molar-refractivity contribution in [2.75, 3.05) is 0 Å². The smallest absolute Gasteiger partial charge is 0.258 e. The van der Waals surface area contributed by atoms with E-state index in [9.17, 15) is 18.5 Å². The molecule has 0 saturated heterocycles. The van der Waals surface area contributed by atoms with Gasteiger partial charge in [0, 0.05) is 18.2 Å². The number of hydrogen-bond acceptors (Lipinski definition) is 4. The van der Waals surface area contributed by atoms with Crippen molar-refractivity contribution in [2.45, 2.75) is 38.1 Å². The van der Waals surface area contributed by atoms with Crippen molar-refractivity contribution in [3.8, 4) is 0 Å². The minimum Gasteiger partial charge on any atom is -0.258 e. The summed E-state index contributed by atoms with van der Waals surface area (Å²) in [5.74, 6) is 0. The zero-order chi connectivity index (χ0) is 13.9. The molecule has 0 aliphatic carbocycles. The number of benzene rings is 1. The number of hydrogen-bond donors (Lipinski definition) is 1. The van der Waals surface area contributed by atoms with Crippen molar-refractivity contribution < 1.29 is 13.3 Å². The van der Waals surface area contributed by atoms with Gasteiger partial charge >= 0.3 is 0 Å². The Labute approximate surface area is 106 Å². The third-order valence-electron chi connectivity index (χ3n) is 2.64. The Balaban J connectivity index is 3.23. The number of nitrogens with zero attached hydrogens (tertiary/aromatic N) is 1. The van der Waals surface area contributed by atoms with E-state index in [4.69, 9.17) is 0 Å². The molecule has 1 atom stereocenters. The van der Waals surface area contributed by atoms with Crippen LogP contribution in [-0.4, -0.2) is 19.4 Å². The lowest BCUT2D eigenvalue weighted by atomic mass is 10.2. The summed E-state index contributed by atoms with van der Waals surface area (Å²) in [6.07, 6.45) is 0.646. The third-order valence-corrected chi connectivity index (χ3v) is 4.37. The quantitative estimate of drug-likeness (QED) is 0.655. The Morgan fingerprint density at radius 2 is 2.06 bits per heavy atom. The first-order chi connectivity index (χ1) is 8.27. The van der Waals surface area contributed by atoms with Gasteiger partial charge in [-0.1, -0.05) is 13.0 Å². The summed E-state index contributed by atoms with van der Waals surface area (Å²) in [6, 6.07) is 3.59. The first kappa shape index (κ1) is 14.6. The fraction of sp³-hybridized carbons (Fsp3) is 0.455. The Hall–Kier alpha value is -1.47. The molecule has 1 N–H and O–H groups in total. The van der Waals surface area contributed by atoms with Gasteiger partial charge < -0.3 is 0 Å². The third kappa shape index (κ3) is 3.27.